The molecule has 0 aliphatic heterocycles. The van der Waals surface area contributed by atoms with E-state index in [0.29, 0.717) is 11.3 Å². The highest BCUT2D eigenvalue weighted by Crippen LogP contribution is 2.30. The Balaban J connectivity index is 1.67. The van der Waals surface area contributed by atoms with E-state index < -0.39 is 22.5 Å². The summed E-state index contributed by atoms with van der Waals surface area (Å²) in [5, 5.41) is 6.41. The number of benzene rings is 3. The quantitative estimate of drug-likeness (QED) is 0.381. The van der Waals surface area contributed by atoms with Gasteiger partial charge >= 0.3 is 0 Å². The predicted molar refractivity (Wildman–Crippen MR) is 124 cm³/mol. The van der Waals surface area contributed by atoms with Gasteiger partial charge in [-0.25, -0.2) is 8.78 Å². The molecule has 0 saturated heterocycles. The van der Waals surface area contributed by atoms with Crippen LogP contribution in [0.2, 0.25) is 0 Å². The lowest BCUT2D eigenvalue weighted by molar-refractivity contribution is 0.408. The minimum absolute atomic E-state index is 0.00453. The summed E-state index contributed by atoms with van der Waals surface area (Å²) in [6.45, 7) is 1.83. The van der Waals surface area contributed by atoms with E-state index in [0.717, 1.165) is 17.2 Å². The maximum atomic E-state index is 13.8. The molecule has 4 aromatic carbocycles. The van der Waals surface area contributed by atoms with Gasteiger partial charge in [-0.15, -0.1) is 0 Å². The zero-order chi connectivity index (χ0) is 23.5. The van der Waals surface area contributed by atoms with E-state index in [1.807, 2.05) is 55.5 Å². The number of halogens is 2. The van der Waals surface area contributed by atoms with Gasteiger partial charge in [0.1, 0.15) is 17.3 Å². The molecule has 0 aromatic heterocycles. The fourth-order valence-electron chi connectivity index (χ4n) is 3.82. The number of anilines is 2. The lowest BCUT2D eigenvalue weighted by Gasteiger charge is -2.25. The average molecular weight is 448 g/mol. The van der Waals surface area contributed by atoms with Crippen molar-refractivity contribution in [3.8, 4) is 5.75 Å². The van der Waals surface area contributed by atoms with Crippen LogP contribution < -0.4 is 26.2 Å². The summed E-state index contributed by atoms with van der Waals surface area (Å²) in [6.07, 6.45) is 0. The molecule has 0 bridgehead atoms. The Kier molecular flexibility index (Phi) is 6.33. The zero-order valence-corrected chi connectivity index (χ0v) is 18.1. The molecule has 33 heavy (non-hydrogen) atoms. The van der Waals surface area contributed by atoms with Crippen molar-refractivity contribution in [1.82, 2.24) is 5.32 Å². The van der Waals surface area contributed by atoms with E-state index in [4.69, 9.17) is 4.74 Å². The lowest BCUT2D eigenvalue weighted by Crippen LogP contribution is -2.34. The topological polar surface area (TPSA) is 67.4 Å². The Bertz CT molecular complexity index is 1330. The summed E-state index contributed by atoms with van der Waals surface area (Å²) in [6, 6.07) is 19.7. The zero-order valence-electron chi connectivity index (χ0n) is 18.1. The molecule has 0 aliphatic carbocycles. The van der Waals surface area contributed by atoms with Gasteiger partial charge in [-0.3, -0.25) is 14.9 Å². The molecular weight excluding hydrogens is 426 g/mol. The molecule has 0 radical (unpaired) electrons. The fourth-order valence-corrected chi connectivity index (χ4v) is 3.82. The van der Waals surface area contributed by atoms with Gasteiger partial charge < -0.3 is 10.1 Å². The normalized spacial score (nSPS) is 13.0. The number of rotatable bonds is 8. The van der Waals surface area contributed by atoms with E-state index in [2.05, 4.69) is 10.6 Å². The number of ether oxygens (including phenoxy) is 1. The smallest absolute Gasteiger partial charge is 0.272 e. The van der Waals surface area contributed by atoms with E-state index in [1.54, 1.807) is 6.07 Å². The highest BCUT2D eigenvalue weighted by atomic mass is 19.1. The van der Waals surface area contributed by atoms with Crippen molar-refractivity contribution in [2.45, 2.75) is 19.0 Å². The molecule has 2 atom stereocenters. The van der Waals surface area contributed by atoms with Gasteiger partial charge in [0.05, 0.1) is 13.2 Å². The van der Waals surface area contributed by atoms with Gasteiger partial charge in [0.25, 0.3) is 10.9 Å². The molecule has 0 spiro atoms. The second kappa shape index (κ2) is 9.34. The Morgan fingerprint density at radius 3 is 2.12 bits per heavy atom. The monoisotopic (exact) mass is 448 g/mol. The molecule has 2 N–H and O–H groups in total. The van der Waals surface area contributed by atoms with Gasteiger partial charge in [-0.05, 0) is 47.9 Å². The molecular formula is C26H22F2N2O3. The maximum Gasteiger partial charge on any atom is 0.272 e. The molecule has 168 valence electrons. The molecule has 5 nitrogen and oxygen atoms in total. The summed E-state index contributed by atoms with van der Waals surface area (Å²) in [5.74, 6) is -1.27. The molecule has 0 saturated carbocycles. The molecule has 0 fully saturated rings. The predicted octanol–water partition coefficient (Wildman–Crippen LogP) is 4.75. The van der Waals surface area contributed by atoms with Crippen LogP contribution in [0.5, 0.6) is 5.75 Å². The molecule has 0 aliphatic rings. The van der Waals surface area contributed by atoms with Crippen LogP contribution in [0.4, 0.5) is 20.2 Å². The summed E-state index contributed by atoms with van der Waals surface area (Å²) < 4.78 is 32.5. The second-order valence-electron chi connectivity index (χ2n) is 7.75. The Morgan fingerprint density at radius 2 is 1.45 bits per heavy atom. The van der Waals surface area contributed by atoms with Crippen molar-refractivity contribution in [3.63, 3.8) is 0 Å². The van der Waals surface area contributed by atoms with E-state index in [1.165, 1.54) is 19.2 Å². The van der Waals surface area contributed by atoms with E-state index in [-0.39, 0.29) is 23.5 Å². The summed E-state index contributed by atoms with van der Waals surface area (Å²) in [4.78, 5) is 23.5. The van der Waals surface area contributed by atoms with E-state index in [9.17, 15) is 18.4 Å². The van der Waals surface area contributed by atoms with Crippen molar-refractivity contribution >= 4 is 11.4 Å². The molecule has 4 rings (SSSR count). The largest absolute Gasteiger partial charge is 0.491 e. The van der Waals surface area contributed by atoms with Crippen LogP contribution in [0.15, 0.2) is 82.4 Å². The summed E-state index contributed by atoms with van der Waals surface area (Å²) >= 11 is 0. The van der Waals surface area contributed by atoms with Crippen LogP contribution in [0.3, 0.4) is 0 Å². The standard InChI is InChI=1S/C26H22F2N2O3/c1-15(18-11-19(27)14-20(28)12-18)29-22(16-7-4-3-5-8-16)17-9-6-10-21(13-17)30-23-24(31)25(32)26(23)33-2/h3-15,22,29-30H,1-2H3. The number of hydrogen-bond acceptors (Lipinski definition) is 5. The first kappa shape index (κ1) is 22.4. The van der Waals surface area contributed by atoms with Crippen LogP contribution in [0, 0.1) is 11.6 Å². The van der Waals surface area contributed by atoms with Crippen molar-refractivity contribution in [2.75, 3.05) is 12.4 Å². The van der Waals surface area contributed by atoms with Gasteiger partial charge in [0, 0.05) is 17.8 Å². The second-order valence-corrected chi connectivity index (χ2v) is 7.75. The van der Waals surface area contributed by atoms with Crippen LogP contribution in [0.25, 0.3) is 0 Å². The molecule has 0 amide bonds. The highest BCUT2D eigenvalue weighted by Gasteiger charge is 2.23. The van der Waals surface area contributed by atoms with Crippen LogP contribution in [0.1, 0.15) is 35.7 Å². The van der Waals surface area contributed by atoms with Crippen LogP contribution in [-0.2, 0) is 0 Å². The third-order valence-electron chi connectivity index (χ3n) is 5.49. The molecule has 0 heterocycles. The molecule has 2 unspecified atom stereocenters. The van der Waals surface area contributed by atoms with Crippen molar-refractivity contribution in [3.05, 3.63) is 122 Å². The van der Waals surface area contributed by atoms with Crippen LogP contribution >= 0.6 is 0 Å². The Morgan fingerprint density at radius 1 is 0.788 bits per heavy atom. The van der Waals surface area contributed by atoms with Crippen molar-refractivity contribution < 1.29 is 13.5 Å². The maximum absolute atomic E-state index is 13.8. The fraction of sp³-hybridized carbons (Fsp3) is 0.154. The third-order valence-corrected chi connectivity index (χ3v) is 5.49. The first-order valence-corrected chi connectivity index (χ1v) is 10.4. The third kappa shape index (κ3) is 4.68. The highest BCUT2D eigenvalue weighted by molar-refractivity contribution is 5.70. The molecule has 7 heteroatoms. The van der Waals surface area contributed by atoms with Gasteiger partial charge in [0.15, 0.2) is 5.75 Å². The average Bonchev–Trinajstić information content (AvgIpc) is 2.82. The first-order valence-electron chi connectivity index (χ1n) is 10.4. The summed E-state index contributed by atoms with van der Waals surface area (Å²) in [5.41, 5.74) is 1.72. The van der Waals surface area contributed by atoms with Crippen molar-refractivity contribution in [1.29, 1.82) is 0 Å². The molecule has 4 aromatic rings. The first-order chi connectivity index (χ1) is 15.9. The minimum atomic E-state index is -0.656. The van der Waals surface area contributed by atoms with Crippen LogP contribution in [-0.4, -0.2) is 7.11 Å². The van der Waals surface area contributed by atoms with Gasteiger partial charge in [0.2, 0.25) is 0 Å². The summed E-state index contributed by atoms with van der Waals surface area (Å²) in [7, 11) is 1.34. The van der Waals surface area contributed by atoms with E-state index >= 15 is 0 Å². The Hall–Kier alpha value is -3.84. The van der Waals surface area contributed by atoms with Crippen molar-refractivity contribution in [2.24, 2.45) is 0 Å². The number of methoxy groups -OCH3 is 1. The minimum Gasteiger partial charge on any atom is -0.491 e. The Labute approximate surface area is 189 Å². The van der Waals surface area contributed by atoms with Gasteiger partial charge in [-0.1, -0.05) is 42.5 Å². The SMILES string of the molecule is COc1c(Nc2cccc(C(NC(C)c3cc(F)cc(F)c3)c3ccccc3)c2)c(=O)c1=O. The number of nitrogens with one attached hydrogen (secondary N) is 2. The number of hydrogen-bond donors (Lipinski definition) is 2. The lowest BCUT2D eigenvalue weighted by atomic mass is 9.96. The van der Waals surface area contributed by atoms with Gasteiger partial charge in [-0.2, -0.15) is 0 Å².